The molecule has 106 valence electrons. The van der Waals surface area contributed by atoms with Gasteiger partial charge in [-0.1, -0.05) is 12.1 Å². The number of benzene rings is 1. The highest BCUT2D eigenvalue weighted by Gasteiger charge is 2.43. The standard InChI is InChI=1S/C15H19N3O2/c1-9-4-2-6-11(16)13(9)15(20)18-7-3-5-10-12(18)8-17-14(10)19/h2,4,6,10,12H,3,5,7-8,16H2,1H3,(H,17,19). The summed E-state index contributed by atoms with van der Waals surface area (Å²) in [7, 11) is 0. The number of hydrogen-bond acceptors (Lipinski definition) is 3. The number of rotatable bonds is 1. The lowest BCUT2D eigenvalue weighted by molar-refractivity contribution is -0.123. The monoisotopic (exact) mass is 273 g/mol. The first kappa shape index (κ1) is 13.0. The van der Waals surface area contributed by atoms with Crippen LogP contribution in [0.3, 0.4) is 0 Å². The van der Waals surface area contributed by atoms with Crippen LogP contribution in [0.4, 0.5) is 5.69 Å². The van der Waals surface area contributed by atoms with E-state index in [0.717, 1.165) is 18.4 Å². The van der Waals surface area contributed by atoms with Gasteiger partial charge >= 0.3 is 0 Å². The normalized spacial score (nSPS) is 25.2. The number of nitrogens with one attached hydrogen (secondary N) is 1. The predicted molar refractivity (Wildman–Crippen MR) is 76.1 cm³/mol. The lowest BCUT2D eigenvalue weighted by atomic mass is 9.90. The number of likely N-dealkylation sites (tertiary alicyclic amines) is 1. The lowest BCUT2D eigenvalue weighted by Gasteiger charge is -2.36. The number of fused-ring (bicyclic) bond motifs is 1. The van der Waals surface area contributed by atoms with Crippen molar-refractivity contribution in [3.8, 4) is 0 Å². The number of nitrogens with two attached hydrogens (primary N) is 1. The highest BCUT2D eigenvalue weighted by atomic mass is 16.2. The molecule has 3 N–H and O–H groups in total. The van der Waals surface area contributed by atoms with Crippen LogP contribution in [0.15, 0.2) is 18.2 Å². The Kier molecular flexibility index (Phi) is 3.12. The number of carbonyl (C=O) groups is 2. The Balaban J connectivity index is 1.92. The fourth-order valence-corrected chi connectivity index (χ4v) is 3.33. The van der Waals surface area contributed by atoms with Crippen molar-refractivity contribution < 1.29 is 9.59 Å². The Morgan fingerprint density at radius 2 is 2.25 bits per heavy atom. The Morgan fingerprint density at radius 1 is 1.45 bits per heavy atom. The van der Waals surface area contributed by atoms with Crippen LogP contribution in [-0.4, -0.2) is 35.8 Å². The topological polar surface area (TPSA) is 75.4 Å². The first-order chi connectivity index (χ1) is 9.59. The van der Waals surface area contributed by atoms with Gasteiger partial charge in [0.2, 0.25) is 5.91 Å². The molecule has 0 saturated carbocycles. The van der Waals surface area contributed by atoms with E-state index in [4.69, 9.17) is 5.73 Å². The van der Waals surface area contributed by atoms with Gasteiger partial charge in [0.15, 0.2) is 0 Å². The average Bonchev–Trinajstić information content (AvgIpc) is 2.80. The van der Waals surface area contributed by atoms with E-state index in [9.17, 15) is 9.59 Å². The maximum Gasteiger partial charge on any atom is 0.256 e. The highest BCUT2D eigenvalue weighted by molar-refractivity contribution is 6.01. The Morgan fingerprint density at radius 3 is 3.00 bits per heavy atom. The van der Waals surface area contributed by atoms with Crippen LogP contribution in [0.2, 0.25) is 0 Å². The molecular weight excluding hydrogens is 254 g/mol. The molecule has 2 saturated heterocycles. The van der Waals surface area contributed by atoms with Gasteiger partial charge in [-0.3, -0.25) is 9.59 Å². The summed E-state index contributed by atoms with van der Waals surface area (Å²) >= 11 is 0. The second kappa shape index (κ2) is 4.81. The molecule has 5 heteroatoms. The van der Waals surface area contributed by atoms with Gasteiger partial charge in [0.1, 0.15) is 0 Å². The van der Waals surface area contributed by atoms with Crippen LogP contribution >= 0.6 is 0 Å². The van der Waals surface area contributed by atoms with Crippen molar-refractivity contribution in [2.45, 2.75) is 25.8 Å². The summed E-state index contributed by atoms with van der Waals surface area (Å²) in [4.78, 5) is 26.4. The molecule has 1 aromatic rings. The maximum atomic E-state index is 12.8. The summed E-state index contributed by atoms with van der Waals surface area (Å²) in [6, 6.07) is 5.46. The summed E-state index contributed by atoms with van der Waals surface area (Å²) < 4.78 is 0. The molecule has 2 amide bonds. The first-order valence-electron chi connectivity index (χ1n) is 7.03. The van der Waals surface area contributed by atoms with Crippen LogP contribution in [0.1, 0.15) is 28.8 Å². The number of nitrogens with zero attached hydrogens (tertiary/aromatic N) is 1. The fraction of sp³-hybridized carbons (Fsp3) is 0.467. The molecule has 3 rings (SSSR count). The molecule has 2 atom stereocenters. The molecule has 2 aliphatic heterocycles. The number of amides is 2. The smallest absolute Gasteiger partial charge is 0.256 e. The second-order valence-electron chi connectivity index (χ2n) is 5.60. The van der Waals surface area contributed by atoms with Gasteiger partial charge in [0, 0.05) is 18.8 Å². The van der Waals surface area contributed by atoms with Gasteiger partial charge in [-0.15, -0.1) is 0 Å². The van der Waals surface area contributed by atoms with E-state index in [-0.39, 0.29) is 23.8 Å². The molecule has 20 heavy (non-hydrogen) atoms. The van der Waals surface area contributed by atoms with Crippen LogP contribution in [0.25, 0.3) is 0 Å². The number of hydrogen-bond donors (Lipinski definition) is 2. The average molecular weight is 273 g/mol. The van der Waals surface area contributed by atoms with Crippen LogP contribution < -0.4 is 11.1 Å². The Hall–Kier alpha value is -2.04. The van der Waals surface area contributed by atoms with Crippen molar-refractivity contribution in [3.05, 3.63) is 29.3 Å². The van der Waals surface area contributed by atoms with E-state index in [1.165, 1.54) is 0 Å². The quantitative estimate of drug-likeness (QED) is 0.747. The van der Waals surface area contributed by atoms with Gasteiger partial charge in [-0.05, 0) is 31.4 Å². The van der Waals surface area contributed by atoms with Crippen molar-refractivity contribution in [1.29, 1.82) is 0 Å². The zero-order chi connectivity index (χ0) is 14.3. The zero-order valence-electron chi connectivity index (χ0n) is 11.6. The van der Waals surface area contributed by atoms with Crippen LogP contribution in [0.5, 0.6) is 0 Å². The molecule has 0 bridgehead atoms. The third-order valence-electron chi connectivity index (χ3n) is 4.38. The highest BCUT2D eigenvalue weighted by Crippen LogP contribution is 2.30. The van der Waals surface area contributed by atoms with E-state index in [2.05, 4.69) is 5.32 Å². The molecule has 0 aliphatic carbocycles. The van der Waals surface area contributed by atoms with E-state index < -0.39 is 0 Å². The van der Waals surface area contributed by atoms with E-state index in [0.29, 0.717) is 24.3 Å². The first-order valence-corrected chi connectivity index (χ1v) is 7.03. The van der Waals surface area contributed by atoms with E-state index >= 15 is 0 Å². The predicted octanol–water partition coefficient (Wildman–Crippen LogP) is 0.928. The minimum absolute atomic E-state index is 0.0252. The van der Waals surface area contributed by atoms with Crippen molar-refractivity contribution in [1.82, 2.24) is 10.2 Å². The molecule has 2 unspecified atom stereocenters. The summed E-state index contributed by atoms with van der Waals surface area (Å²) in [5, 5.41) is 2.86. The molecule has 1 aromatic carbocycles. The number of piperidine rings is 1. The summed E-state index contributed by atoms with van der Waals surface area (Å²) in [5.74, 6) is -0.0324. The van der Waals surface area contributed by atoms with Gasteiger partial charge in [-0.2, -0.15) is 0 Å². The molecule has 2 aliphatic rings. The maximum absolute atomic E-state index is 12.8. The SMILES string of the molecule is Cc1cccc(N)c1C(=O)N1CCCC2C(=O)NCC21. The molecular formula is C15H19N3O2. The third-order valence-corrected chi connectivity index (χ3v) is 4.38. The summed E-state index contributed by atoms with van der Waals surface area (Å²) in [5.41, 5.74) is 7.93. The minimum atomic E-state index is -0.0575. The molecule has 0 aromatic heterocycles. The Labute approximate surface area is 118 Å². The van der Waals surface area contributed by atoms with Gasteiger partial charge < -0.3 is 16.0 Å². The summed E-state index contributed by atoms with van der Waals surface area (Å²) in [6.45, 7) is 3.15. The van der Waals surface area contributed by atoms with Crippen LogP contribution in [-0.2, 0) is 4.79 Å². The minimum Gasteiger partial charge on any atom is -0.398 e. The molecule has 0 spiro atoms. The second-order valence-corrected chi connectivity index (χ2v) is 5.60. The molecule has 0 radical (unpaired) electrons. The number of anilines is 1. The number of aryl methyl sites for hydroxylation is 1. The van der Waals surface area contributed by atoms with E-state index in [1.807, 2.05) is 24.0 Å². The van der Waals surface area contributed by atoms with E-state index in [1.54, 1.807) is 6.07 Å². The number of carbonyl (C=O) groups excluding carboxylic acids is 2. The van der Waals surface area contributed by atoms with Gasteiger partial charge in [0.05, 0.1) is 17.5 Å². The molecule has 5 nitrogen and oxygen atoms in total. The van der Waals surface area contributed by atoms with Crippen LogP contribution in [0, 0.1) is 12.8 Å². The molecule has 2 heterocycles. The summed E-state index contributed by atoms with van der Waals surface area (Å²) in [6.07, 6.45) is 1.73. The van der Waals surface area contributed by atoms with Gasteiger partial charge in [0.25, 0.3) is 5.91 Å². The zero-order valence-corrected chi connectivity index (χ0v) is 11.6. The lowest BCUT2D eigenvalue weighted by Crippen LogP contribution is -2.49. The largest absolute Gasteiger partial charge is 0.398 e. The van der Waals surface area contributed by atoms with Crippen molar-refractivity contribution in [2.75, 3.05) is 18.8 Å². The van der Waals surface area contributed by atoms with Crippen molar-refractivity contribution in [2.24, 2.45) is 5.92 Å². The molecule has 2 fully saturated rings. The third kappa shape index (κ3) is 1.94. The Bertz CT molecular complexity index is 550. The number of nitrogen functional groups attached to an aromatic ring is 1. The van der Waals surface area contributed by atoms with Gasteiger partial charge in [-0.25, -0.2) is 0 Å². The van der Waals surface area contributed by atoms with Crippen molar-refractivity contribution in [3.63, 3.8) is 0 Å². The van der Waals surface area contributed by atoms with Crippen molar-refractivity contribution >= 4 is 17.5 Å². The fourth-order valence-electron chi connectivity index (χ4n) is 3.33.